The summed E-state index contributed by atoms with van der Waals surface area (Å²) in [4.78, 5) is 43.5. The second-order valence-electron chi connectivity index (χ2n) is 7.97. The number of nitrogens with one attached hydrogen (secondary N) is 3. The first-order valence-electron chi connectivity index (χ1n) is 10.4. The van der Waals surface area contributed by atoms with Crippen molar-refractivity contribution in [3.63, 3.8) is 0 Å². The Morgan fingerprint density at radius 2 is 1.93 bits per heavy atom. The average Bonchev–Trinajstić information content (AvgIpc) is 3.27. The number of amides is 4. The molecule has 2 fully saturated rings. The number of carbonyl (C=O) groups excluding carboxylic acids is 3. The lowest BCUT2D eigenvalue weighted by Crippen LogP contribution is -2.48. The zero-order chi connectivity index (χ0) is 21.1. The second kappa shape index (κ2) is 8.25. The van der Waals surface area contributed by atoms with E-state index >= 15 is 0 Å². The Labute approximate surface area is 174 Å². The third-order valence-electron chi connectivity index (χ3n) is 5.83. The predicted molar refractivity (Wildman–Crippen MR) is 108 cm³/mol. The number of aryl methyl sites for hydroxylation is 1. The summed E-state index contributed by atoms with van der Waals surface area (Å²) in [5, 5.41) is 12.8. The number of H-pyrrole nitrogens is 1. The fourth-order valence-electron chi connectivity index (χ4n) is 4.25. The highest BCUT2D eigenvalue weighted by Gasteiger charge is 2.51. The van der Waals surface area contributed by atoms with Gasteiger partial charge in [0.25, 0.3) is 5.91 Å². The van der Waals surface area contributed by atoms with Crippen LogP contribution in [0.1, 0.15) is 61.8 Å². The van der Waals surface area contributed by atoms with Crippen LogP contribution in [0.2, 0.25) is 0 Å². The van der Waals surface area contributed by atoms with Crippen LogP contribution in [0.4, 0.5) is 4.79 Å². The van der Waals surface area contributed by atoms with Gasteiger partial charge in [-0.1, -0.05) is 49.6 Å². The van der Waals surface area contributed by atoms with Gasteiger partial charge in [-0.15, -0.1) is 0 Å². The first-order chi connectivity index (χ1) is 14.5. The highest BCUT2D eigenvalue weighted by Crippen LogP contribution is 2.33. The standard InChI is InChI=1S/C21H26N6O3/c1-14-22-18(26-25-14)17(15-8-4-2-5-9-15)23-16(28)10-13-27-19(29)21(24-20(27)30)11-6-3-7-12-21/h2,4-5,8-9,17H,3,6-7,10-13H2,1H3,(H,23,28)(H,24,30)(H,22,25,26). The molecular formula is C21H26N6O3. The lowest BCUT2D eigenvalue weighted by atomic mass is 9.82. The normalized spacial score (nSPS) is 19.0. The number of urea groups is 1. The van der Waals surface area contributed by atoms with Gasteiger partial charge in [-0.2, -0.15) is 5.10 Å². The maximum absolute atomic E-state index is 12.9. The van der Waals surface area contributed by atoms with Gasteiger partial charge in [-0.3, -0.25) is 19.6 Å². The first kappa shape index (κ1) is 20.1. The maximum Gasteiger partial charge on any atom is 0.325 e. The Bertz CT molecular complexity index is 935. The third-order valence-corrected chi connectivity index (χ3v) is 5.83. The topological polar surface area (TPSA) is 120 Å². The van der Waals surface area contributed by atoms with Crippen molar-refractivity contribution in [2.45, 2.75) is 57.0 Å². The van der Waals surface area contributed by atoms with Crippen molar-refractivity contribution < 1.29 is 14.4 Å². The molecule has 2 heterocycles. The molecule has 1 saturated heterocycles. The van der Waals surface area contributed by atoms with Gasteiger partial charge in [0.05, 0.1) is 0 Å². The molecule has 1 aromatic carbocycles. The van der Waals surface area contributed by atoms with E-state index in [1.807, 2.05) is 30.3 Å². The Morgan fingerprint density at radius 1 is 1.20 bits per heavy atom. The smallest absolute Gasteiger partial charge is 0.325 e. The van der Waals surface area contributed by atoms with E-state index in [0.29, 0.717) is 24.5 Å². The number of rotatable bonds is 6. The van der Waals surface area contributed by atoms with Crippen molar-refractivity contribution in [2.75, 3.05) is 6.54 Å². The summed E-state index contributed by atoms with van der Waals surface area (Å²) in [5.41, 5.74) is 0.0792. The molecule has 9 heteroatoms. The zero-order valence-corrected chi connectivity index (χ0v) is 17.0. The number of carbonyl (C=O) groups is 3. The second-order valence-corrected chi connectivity index (χ2v) is 7.97. The lowest BCUT2D eigenvalue weighted by molar-refractivity contribution is -0.132. The Kier molecular flexibility index (Phi) is 5.52. The molecule has 9 nitrogen and oxygen atoms in total. The summed E-state index contributed by atoms with van der Waals surface area (Å²) in [6.07, 6.45) is 4.28. The van der Waals surface area contributed by atoms with E-state index in [1.54, 1.807) is 6.92 Å². The van der Waals surface area contributed by atoms with Gasteiger partial charge in [-0.25, -0.2) is 9.78 Å². The minimum absolute atomic E-state index is 0.0159. The molecule has 1 unspecified atom stereocenters. The monoisotopic (exact) mass is 410 g/mol. The average molecular weight is 410 g/mol. The van der Waals surface area contributed by atoms with Gasteiger partial charge in [0, 0.05) is 13.0 Å². The van der Waals surface area contributed by atoms with Gasteiger partial charge in [0.1, 0.15) is 17.4 Å². The molecule has 3 N–H and O–H groups in total. The van der Waals surface area contributed by atoms with Gasteiger partial charge in [0.15, 0.2) is 5.82 Å². The molecule has 1 spiro atoms. The minimum Gasteiger partial charge on any atom is -0.342 e. The minimum atomic E-state index is -0.769. The van der Waals surface area contributed by atoms with Gasteiger partial charge < -0.3 is 10.6 Å². The number of aromatic amines is 1. The van der Waals surface area contributed by atoms with E-state index in [1.165, 1.54) is 4.90 Å². The van der Waals surface area contributed by atoms with E-state index in [4.69, 9.17) is 0 Å². The van der Waals surface area contributed by atoms with Gasteiger partial charge in [-0.05, 0) is 25.3 Å². The van der Waals surface area contributed by atoms with Crippen molar-refractivity contribution in [2.24, 2.45) is 0 Å². The van der Waals surface area contributed by atoms with E-state index in [9.17, 15) is 14.4 Å². The summed E-state index contributed by atoms with van der Waals surface area (Å²) in [6, 6.07) is 8.51. The van der Waals surface area contributed by atoms with Crippen LogP contribution >= 0.6 is 0 Å². The van der Waals surface area contributed by atoms with Gasteiger partial charge >= 0.3 is 6.03 Å². The summed E-state index contributed by atoms with van der Waals surface area (Å²) in [5.74, 6) is 0.626. The van der Waals surface area contributed by atoms with Crippen molar-refractivity contribution >= 4 is 17.8 Å². The molecule has 30 heavy (non-hydrogen) atoms. The molecule has 0 radical (unpaired) electrons. The number of benzene rings is 1. The van der Waals surface area contributed by atoms with Crippen molar-refractivity contribution in [1.29, 1.82) is 0 Å². The van der Waals surface area contributed by atoms with Crippen LogP contribution in [0.25, 0.3) is 0 Å². The van der Waals surface area contributed by atoms with Crippen LogP contribution in [-0.4, -0.2) is 50.0 Å². The zero-order valence-electron chi connectivity index (χ0n) is 17.0. The van der Waals surface area contributed by atoms with Crippen LogP contribution in [0.15, 0.2) is 30.3 Å². The predicted octanol–water partition coefficient (Wildman–Crippen LogP) is 1.96. The molecule has 1 aliphatic heterocycles. The van der Waals surface area contributed by atoms with Crippen LogP contribution in [0, 0.1) is 6.92 Å². The van der Waals surface area contributed by atoms with E-state index in [2.05, 4.69) is 25.8 Å². The SMILES string of the molecule is Cc1nc(C(NC(=O)CCN2C(=O)NC3(CCCCC3)C2=O)c2ccccc2)n[nH]1. The number of imide groups is 1. The molecule has 4 rings (SSSR count). The molecule has 1 saturated carbocycles. The van der Waals surface area contributed by atoms with Crippen LogP contribution in [0.5, 0.6) is 0 Å². The molecule has 4 amide bonds. The fraction of sp³-hybridized carbons (Fsp3) is 0.476. The summed E-state index contributed by atoms with van der Waals surface area (Å²) >= 11 is 0. The van der Waals surface area contributed by atoms with E-state index < -0.39 is 17.6 Å². The molecule has 2 aliphatic rings. The molecular weight excluding hydrogens is 384 g/mol. The van der Waals surface area contributed by atoms with Crippen molar-refractivity contribution in [3.8, 4) is 0 Å². The van der Waals surface area contributed by atoms with Crippen LogP contribution < -0.4 is 10.6 Å². The number of aromatic nitrogens is 3. The third kappa shape index (κ3) is 3.92. The number of nitrogens with zero attached hydrogens (tertiary/aromatic N) is 3. The summed E-state index contributed by atoms with van der Waals surface area (Å²) < 4.78 is 0. The summed E-state index contributed by atoms with van der Waals surface area (Å²) in [7, 11) is 0. The van der Waals surface area contributed by atoms with E-state index in [0.717, 1.165) is 24.8 Å². The molecule has 1 aromatic heterocycles. The van der Waals surface area contributed by atoms with Crippen LogP contribution in [-0.2, 0) is 9.59 Å². The molecule has 1 aliphatic carbocycles. The number of hydrogen-bond acceptors (Lipinski definition) is 5. The lowest BCUT2D eigenvalue weighted by Gasteiger charge is -2.30. The quantitative estimate of drug-likeness (QED) is 0.629. The highest BCUT2D eigenvalue weighted by molar-refractivity contribution is 6.07. The van der Waals surface area contributed by atoms with Gasteiger partial charge in [0.2, 0.25) is 5.91 Å². The summed E-state index contributed by atoms with van der Waals surface area (Å²) in [6.45, 7) is 1.84. The molecule has 1 atom stereocenters. The Morgan fingerprint density at radius 3 is 2.60 bits per heavy atom. The first-order valence-corrected chi connectivity index (χ1v) is 10.4. The maximum atomic E-state index is 12.9. The molecule has 2 aromatic rings. The largest absolute Gasteiger partial charge is 0.342 e. The Balaban J connectivity index is 1.42. The highest BCUT2D eigenvalue weighted by atomic mass is 16.2. The molecule has 0 bridgehead atoms. The van der Waals surface area contributed by atoms with Crippen molar-refractivity contribution in [1.82, 2.24) is 30.7 Å². The van der Waals surface area contributed by atoms with Crippen LogP contribution in [0.3, 0.4) is 0 Å². The molecule has 158 valence electrons. The fourth-order valence-corrected chi connectivity index (χ4v) is 4.25. The Hall–Kier alpha value is -3.23. The van der Waals surface area contributed by atoms with E-state index in [-0.39, 0.29) is 24.8 Å². The van der Waals surface area contributed by atoms with Crippen molar-refractivity contribution in [3.05, 3.63) is 47.5 Å². The number of hydrogen-bond donors (Lipinski definition) is 3.